The number of nitrogens with zero attached hydrogens (tertiary/aromatic N) is 2. The van der Waals surface area contributed by atoms with Gasteiger partial charge in [0.05, 0.1) is 11.3 Å². The van der Waals surface area contributed by atoms with Crippen molar-refractivity contribution in [3.8, 4) is 0 Å². The molecule has 1 saturated heterocycles. The molecule has 0 radical (unpaired) electrons. The Bertz CT molecular complexity index is 528. The number of benzene rings is 1. The summed E-state index contributed by atoms with van der Waals surface area (Å²) in [5.41, 5.74) is 6.00. The number of rotatable bonds is 3. The Morgan fingerprint density at radius 2 is 2.05 bits per heavy atom. The summed E-state index contributed by atoms with van der Waals surface area (Å²) in [4.78, 5) is 16.5. The van der Waals surface area contributed by atoms with Crippen LogP contribution in [0.4, 0.5) is 10.1 Å². The first-order chi connectivity index (χ1) is 9.88. The van der Waals surface area contributed by atoms with Gasteiger partial charge < -0.3 is 15.5 Å². The standard InChI is InChI=1S/C15H21BrFN3O/c1-19(2)9-10-3-5-20(6-4-10)15(21)11-7-14(18)13(17)8-12(11)16/h7-8,10H,3-6,9,18H2,1-2H3. The van der Waals surface area contributed by atoms with Crippen molar-refractivity contribution in [2.24, 2.45) is 5.92 Å². The van der Waals surface area contributed by atoms with Crippen LogP contribution in [0.25, 0.3) is 0 Å². The quantitative estimate of drug-likeness (QED) is 0.845. The van der Waals surface area contributed by atoms with Crippen LogP contribution in [0, 0.1) is 11.7 Å². The third kappa shape index (κ3) is 3.95. The number of anilines is 1. The zero-order valence-corrected chi connectivity index (χ0v) is 14.0. The molecule has 1 amide bonds. The Kier molecular flexibility index (Phi) is 5.22. The summed E-state index contributed by atoms with van der Waals surface area (Å²) in [5.74, 6) is 0.0331. The molecular formula is C15H21BrFN3O. The molecule has 0 aliphatic carbocycles. The van der Waals surface area contributed by atoms with E-state index < -0.39 is 5.82 Å². The number of carbonyl (C=O) groups is 1. The van der Waals surface area contributed by atoms with E-state index in [2.05, 4.69) is 34.9 Å². The smallest absolute Gasteiger partial charge is 0.255 e. The summed E-state index contributed by atoms with van der Waals surface area (Å²) in [7, 11) is 4.13. The fraction of sp³-hybridized carbons (Fsp3) is 0.533. The molecule has 21 heavy (non-hydrogen) atoms. The minimum Gasteiger partial charge on any atom is -0.396 e. The van der Waals surface area contributed by atoms with E-state index in [0.29, 0.717) is 16.0 Å². The van der Waals surface area contributed by atoms with Crippen LogP contribution in [-0.2, 0) is 0 Å². The number of nitrogens with two attached hydrogens (primary N) is 1. The fourth-order valence-corrected chi connectivity index (χ4v) is 3.22. The first kappa shape index (κ1) is 16.2. The van der Waals surface area contributed by atoms with Crippen LogP contribution < -0.4 is 5.73 Å². The fourth-order valence-electron chi connectivity index (χ4n) is 2.73. The molecule has 116 valence electrons. The molecule has 0 saturated carbocycles. The van der Waals surface area contributed by atoms with Crippen LogP contribution in [0.2, 0.25) is 0 Å². The number of carbonyl (C=O) groups excluding carboxylic acids is 1. The van der Waals surface area contributed by atoms with Crippen molar-refractivity contribution >= 4 is 27.5 Å². The van der Waals surface area contributed by atoms with Gasteiger partial charge in [-0.3, -0.25) is 4.79 Å². The summed E-state index contributed by atoms with van der Waals surface area (Å²) in [6.45, 7) is 2.53. The molecule has 1 aromatic rings. The normalized spacial score (nSPS) is 16.5. The number of halogens is 2. The summed E-state index contributed by atoms with van der Waals surface area (Å²) in [6, 6.07) is 2.66. The van der Waals surface area contributed by atoms with Crippen molar-refractivity contribution in [2.75, 3.05) is 39.5 Å². The highest BCUT2D eigenvalue weighted by molar-refractivity contribution is 9.10. The predicted octanol–water partition coefficient (Wildman–Crippen LogP) is 2.58. The van der Waals surface area contributed by atoms with E-state index in [-0.39, 0.29) is 11.6 Å². The maximum absolute atomic E-state index is 13.4. The van der Waals surface area contributed by atoms with Gasteiger partial charge in [-0.15, -0.1) is 0 Å². The summed E-state index contributed by atoms with van der Waals surface area (Å²) in [6.07, 6.45) is 2.00. The zero-order valence-electron chi connectivity index (χ0n) is 12.4. The first-order valence-corrected chi connectivity index (χ1v) is 7.86. The number of amides is 1. The lowest BCUT2D eigenvalue weighted by atomic mass is 9.96. The topological polar surface area (TPSA) is 49.6 Å². The van der Waals surface area contributed by atoms with Crippen LogP contribution in [-0.4, -0.2) is 49.4 Å². The average molecular weight is 358 g/mol. The second-order valence-corrected chi connectivity index (χ2v) is 6.71. The number of piperidine rings is 1. The molecule has 0 bridgehead atoms. The van der Waals surface area contributed by atoms with E-state index in [0.717, 1.165) is 32.5 Å². The van der Waals surface area contributed by atoms with E-state index >= 15 is 0 Å². The summed E-state index contributed by atoms with van der Waals surface area (Å²) in [5, 5.41) is 0. The van der Waals surface area contributed by atoms with Crippen LogP contribution in [0.1, 0.15) is 23.2 Å². The summed E-state index contributed by atoms with van der Waals surface area (Å²) >= 11 is 3.24. The summed E-state index contributed by atoms with van der Waals surface area (Å²) < 4.78 is 13.8. The third-order valence-corrected chi connectivity index (χ3v) is 4.50. The Morgan fingerprint density at radius 3 is 2.62 bits per heavy atom. The Balaban J connectivity index is 2.04. The van der Waals surface area contributed by atoms with Crippen molar-refractivity contribution in [2.45, 2.75) is 12.8 Å². The minimum absolute atomic E-state index is 0.00374. The van der Waals surface area contributed by atoms with Gasteiger partial charge in [-0.1, -0.05) is 0 Å². The maximum atomic E-state index is 13.4. The number of hydrogen-bond donors (Lipinski definition) is 1. The van der Waals surface area contributed by atoms with Gasteiger partial charge in [0, 0.05) is 24.1 Å². The minimum atomic E-state index is -0.511. The molecule has 1 aliphatic rings. The molecule has 1 heterocycles. The van der Waals surface area contributed by atoms with Crippen LogP contribution in [0.15, 0.2) is 16.6 Å². The van der Waals surface area contributed by atoms with Gasteiger partial charge in [0.15, 0.2) is 0 Å². The Labute approximate surface area is 133 Å². The van der Waals surface area contributed by atoms with Gasteiger partial charge in [-0.2, -0.15) is 0 Å². The van der Waals surface area contributed by atoms with Crippen molar-refractivity contribution in [3.63, 3.8) is 0 Å². The van der Waals surface area contributed by atoms with Gasteiger partial charge in [0.25, 0.3) is 5.91 Å². The molecule has 1 aliphatic heterocycles. The lowest BCUT2D eigenvalue weighted by Gasteiger charge is -2.33. The first-order valence-electron chi connectivity index (χ1n) is 7.07. The Hall–Kier alpha value is -1.14. The zero-order chi connectivity index (χ0) is 15.6. The van der Waals surface area contributed by atoms with E-state index in [9.17, 15) is 9.18 Å². The van der Waals surface area contributed by atoms with E-state index in [1.54, 1.807) is 0 Å². The molecule has 0 atom stereocenters. The third-order valence-electron chi connectivity index (χ3n) is 3.84. The highest BCUT2D eigenvalue weighted by Gasteiger charge is 2.25. The van der Waals surface area contributed by atoms with Crippen molar-refractivity contribution in [1.82, 2.24) is 9.80 Å². The molecule has 0 spiro atoms. The van der Waals surface area contributed by atoms with Gasteiger partial charge in [-0.05, 0) is 60.9 Å². The number of likely N-dealkylation sites (tertiary alicyclic amines) is 1. The van der Waals surface area contributed by atoms with Crippen molar-refractivity contribution < 1.29 is 9.18 Å². The second kappa shape index (κ2) is 6.75. The van der Waals surface area contributed by atoms with Crippen molar-refractivity contribution in [3.05, 3.63) is 28.0 Å². The van der Waals surface area contributed by atoms with Crippen LogP contribution in [0.3, 0.4) is 0 Å². The highest BCUT2D eigenvalue weighted by atomic mass is 79.9. The van der Waals surface area contributed by atoms with E-state index in [1.807, 2.05) is 4.90 Å². The number of nitrogen functional groups attached to an aromatic ring is 1. The van der Waals surface area contributed by atoms with Crippen LogP contribution >= 0.6 is 15.9 Å². The monoisotopic (exact) mass is 357 g/mol. The largest absolute Gasteiger partial charge is 0.396 e. The van der Waals surface area contributed by atoms with E-state index in [4.69, 9.17) is 5.73 Å². The molecule has 1 fully saturated rings. The number of hydrogen-bond acceptors (Lipinski definition) is 3. The molecule has 1 aromatic carbocycles. The average Bonchev–Trinajstić information content (AvgIpc) is 2.42. The molecule has 2 rings (SSSR count). The molecule has 0 aromatic heterocycles. The van der Waals surface area contributed by atoms with Gasteiger partial charge >= 0.3 is 0 Å². The van der Waals surface area contributed by atoms with Crippen molar-refractivity contribution in [1.29, 1.82) is 0 Å². The van der Waals surface area contributed by atoms with Gasteiger partial charge in [0.2, 0.25) is 0 Å². The van der Waals surface area contributed by atoms with E-state index in [1.165, 1.54) is 12.1 Å². The molecule has 0 unspecified atom stereocenters. The maximum Gasteiger partial charge on any atom is 0.255 e. The lowest BCUT2D eigenvalue weighted by Crippen LogP contribution is -2.40. The van der Waals surface area contributed by atoms with Gasteiger partial charge in [0.1, 0.15) is 5.82 Å². The SMILES string of the molecule is CN(C)CC1CCN(C(=O)c2cc(N)c(F)cc2Br)CC1. The highest BCUT2D eigenvalue weighted by Crippen LogP contribution is 2.26. The van der Waals surface area contributed by atoms with Crippen LogP contribution in [0.5, 0.6) is 0 Å². The predicted molar refractivity (Wildman–Crippen MR) is 85.7 cm³/mol. The second-order valence-electron chi connectivity index (χ2n) is 5.85. The molecule has 6 heteroatoms. The lowest BCUT2D eigenvalue weighted by molar-refractivity contribution is 0.0677. The van der Waals surface area contributed by atoms with Gasteiger partial charge in [-0.25, -0.2) is 4.39 Å². The Morgan fingerprint density at radius 1 is 1.43 bits per heavy atom. The molecular weight excluding hydrogens is 337 g/mol. The molecule has 2 N–H and O–H groups in total. The molecule has 4 nitrogen and oxygen atoms in total.